The molecule has 1 aliphatic carbocycles. The molecule has 2 fully saturated rings. The molecule has 40 heavy (non-hydrogen) atoms. The molecule has 2 heterocycles. The summed E-state index contributed by atoms with van der Waals surface area (Å²) in [6, 6.07) is 8.27. The maximum absolute atomic E-state index is 12.7. The number of aromatic nitrogens is 1. The van der Waals surface area contributed by atoms with Gasteiger partial charge in [-0.2, -0.15) is 0 Å². The number of carboxylic acid groups (broad SMARTS) is 1. The minimum atomic E-state index is -1.11. The average molecular weight is 551 g/mol. The highest BCUT2D eigenvalue weighted by Gasteiger charge is 2.36. The third kappa shape index (κ3) is 7.57. The van der Waals surface area contributed by atoms with E-state index in [1.807, 2.05) is 46.8 Å². The lowest BCUT2D eigenvalue weighted by atomic mass is 9.82. The first-order chi connectivity index (χ1) is 18.8. The van der Waals surface area contributed by atoms with Gasteiger partial charge in [-0.1, -0.05) is 58.1 Å². The van der Waals surface area contributed by atoms with E-state index in [0.29, 0.717) is 11.3 Å². The zero-order valence-corrected chi connectivity index (χ0v) is 25.8. The second kappa shape index (κ2) is 12.5. The molecule has 6 nitrogen and oxygen atoms in total. The van der Waals surface area contributed by atoms with E-state index in [-0.39, 0.29) is 5.41 Å². The summed E-state index contributed by atoms with van der Waals surface area (Å²) in [7, 11) is 0. The molecule has 1 N–H and O–H groups in total. The van der Waals surface area contributed by atoms with Crippen LogP contribution in [0.3, 0.4) is 0 Å². The van der Waals surface area contributed by atoms with Crippen molar-refractivity contribution in [2.75, 3.05) is 24.6 Å². The maximum Gasteiger partial charge on any atom is 0.337 e. The van der Waals surface area contributed by atoms with Crippen LogP contribution in [0, 0.1) is 25.2 Å². The van der Waals surface area contributed by atoms with Crippen LogP contribution in [0.15, 0.2) is 24.3 Å². The van der Waals surface area contributed by atoms with Crippen LogP contribution in [-0.4, -0.2) is 41.4 Å². The first kappa shape index (κ1) is 30.4. The van der Waals surface area contributed by atoms with Crippen LogP contribution in [0.1, 0.15) is 109 Å². The van der Waals surface area contributed by atoms with E-state index in [1.165, 1.54) is 32.1 Å². The molecular weight excluding hydrogens is 500 g/mol. The second-order valence-corrected chi connectivity index (χ2v) is 13.7. The highest BCUT2D eigenvalue weighted by Crippen LogP contribution is 2.45. The summed E-state index contributed by atoms with van der Waals surface area (Å²) in [6.45, 7) is 16.7. The summed E-state index contributed by atoms with van der Waals surface area (Å²) in [6.07, 6.45) is 8.83. The summed E-state index contributed by atoms with van der Waals surface area (Å²) in [5, 5.41) is 10.4. The lowest BCUT2D eigenvalue weighted by Crippen LogP contribution is -2.39. The molecule has 220 valence electrons. The molecule has 6 heteroatoms. The number of aliphatic carboxylic acids is 1. The third-order valence-corrected chi connectivity index (χ3v) is 8.63. The number of carbonyl (C=O) groups is 1. The number of aryl methyl sites for hydroxylation is 2. The summed E-state index contributed by atoms with van der Waals surface area (Å²) >= 11 is 0. The van der Waals surface area contributed by atoms with Gasteiger partial charge in [0.15, 0.2) is 6.10 Å². The monoisotopic (exact) mass is 550 g/mol. The van der Waals surface area contributed by atoms with E-state index in [2.05, 4.69) is 30.9 Å². The van der Waals surface area contributed by atoms with E-state index in [1.54, 1.807) is 0 Å². The Morgan fingerprint density at radius 1 is 1.05 bits per heavy atom. The Morgan fingerprint density at radius 3 is 2.25 bits per heavy atom. The molecule has 1 saturated heterocycles. The van der Waals surface area contributed by atoms with Gasteiger partial charge in [0.1, 0.15) is 5.75 Å². The van der Waals surface area contributed by atoms with Crippen LogP contribution in [0.25, 0.3) is 11.1 Å². The number of hydrogen-bond donors (Lipinski definition) is 1. The third-order valence-electron chi connectivity index (χ3n) is 8.63. The van der Waals surface area contributed by atoms with Gasteiger partial charge in [0, 0.05) is 35.6 Å². The molecular formula is C34H50N2O4. The largest absolute Gasteiger partial charge is 0.494 e. The van der Waals surface area contributed by atoms with Crippen molar-refractivity contribution in [3.63, 3.8) is 0 Å². The Bertz CT molecular complexity index is 1150. The molecule has 0 radical (unpaired) electrons. The Kier molecular flexibility index (Phi) is 9.49. The van der Waals surface area contributed by atoms with Crippen LogP contribution in [0.4, 0.5) is 5.69 Å². The predicted molar refractivity (Wildman–Crippen MR) is 162 cm³/mol. The number of ether oxygens (including phenoxy) is 2. The fourth-order valence-electron chi connectivity index (χ4n) is 6.29. The predicted octanol–water partition coefficient (Wildman–Crippen LogP) is 8.28. The number of pyridine rings is 1. The number of nitrogens with zero attached hydrogens (tertiary/aromatic N) is 2. The average Bonchev–Trinajstić information content (AvgIpc) is 2.88. The van der Waals surface area contributed by atoms with Gasteiger partial charge in [-0.3, -0.25) is 4.98 Å². The lowest BCUT2D eigenvalue weighted by Gasteiger charge is -2.41. The van der Waals surface area contributed by atoms with E-state index in [0.717, 1.165) is 73.1 Å². The number of benzene rings is 1. The lowest BCUT2D eigenvalue weighted by molar-refractivity contribution is -0.160. The molecule has 1 aromatic carbocycles. The first-order valence-corrected chi connectivity index (χ1v) is 15.2. The molecule has 1 unspecified atom stereocenters. The van der Waals surface area contributed by atoms with Crippen LogP contribution in [0.5, 0.6) is 5.75 Å². The molecule has 1 atom stereocenters. The SMILES string of the molecule is Cc1nc(C)c(C(OC(C)(C)C)C(=O)O)c(N2CCC(C)(C)CC2)c1-c1ccc(OCCC2CCCCC2)cc1. The van der Waals surface area contributed by atoms with Crippen molar-refractivity contribution in [2.24, 2.45) is 11.3 Å². The Hall–Kier alpha value is -2.60. The van der Waals surface area contributed by atoms with Gasteiger partial charge in [0.2, 0.25) is 0 Å². The van der Waals surface area contributed by atoms with Gasteiger partial charge in [-0.05, 0) is 82.9 Å². The van der Waals surface area contributed by atoms with Gasteiger partial charge in [0.25, 0.3) is 0 Å². The van der Waals surface area contributed by atoms with Gasteiger partial charge < -0.3 is 19.5 Å². The second-order valence-electron chi connectivity index (χ2n) is 13.7. The van der Waals surface area contributed by atoms with Crippen molar-refractivity contribution in [1.29, 1.82) is 0 Å². The van der Waals surface area contributed by atoms with Crippen LogP contribution in [-0.2, 0) is 9.53 Å². The Balaban J connectivity index is 1.70. The Morgan fingerprint density at radius 2 is 1.68 bits per heavy atom. The van der Waals surface area contributed by atoms with Gasteiger partial charge in [0.05, 0.1) is 17.9 Å². The standard InChI is InChI=1S/C34H50N2O4/c1-23-28(26-13-15-27(16-14-26)39-22-17-25-11-9-8-10-12-25)30(36-20-18-34(6,7)19-21-36)29(24(2)35-23)31(32(37)38)40-33(3,4)5/h13-16,25,31H,8-12,17-22H2,1-7H3,(H,37,38). The van der Waals surface area contributed by atoms with Crippen LogP contribution < -0.4 is 9.64 Å². The van der Waals surface area contributed by atoms with Gasteiger partial charge in [-0.15, -0.1) is 0 Å². The van der Waals surface area contributed by atoms with Crippen molar-refractivity contribution in [1.82, 2.24) is 4.98 Å². The van der Waals surface area contributed by atoms with Crippen molar-refractivity contribution in [3.8, 4) is 16.9 Å². The molecule has 0 bridgehead atoms. The van der Waals surface area contributed by atoms with Crippen molar-refractivity contribution >= 4 is 11.7 Å². The number of rotatable bonds is 9. The highest BCUT2D eigenvalue weighted by atomic mass is 16.5. The molecule has 1 aliphatic heterocycles. The Labute approximate surface area is 241 Å². The molecule has 2 aromatic rings. The minimum Gasteiger partial charge on any atom is -0.494 e. The van der Waals surface area contributed by atoms with Crippen molar-refractivity contribution < 1.29 is 19.4 Å². The zero-order valence-electron chi connectivity index (χ0n) is 25.8. The summed E-state index contributed by atoms with van der Waals surface area (Å²) in [5.41, 5.74) is 4.85. The highest BCUT2D eigenvalue weighted by molar-refractivity contribution is 5.88. The number of carboxylic acids is 1. The van der Waals surface area contributed by atoms with Gasteiger partial charge in [-0.25, -0.2) is 4.79 Å². The fourth-order valence-corrected chi connectivity index (χ4v) is 6.29. The molecule has 1 aromatic heterocycles. The molecule has 2 aliphatic rings. The maximum atomic E-state index is 12.7. The first-order valence-electron chi connectivity index (χ1n) is 15.2. The molecule has 4 rings (SSSR count). The van der Waals surface area contributed by atoms with E-state index < -0.39 is 17.7 Å². The topological polar surface area (TPSA) is 71.9 Å². The number of anilines is 1. The number of piperidine rings is 1. The van der Waals surface area contributed by atoms with E-state index >= 15 is 0 Å². The summed E-state index contributed by atoms with van der Waals surface area (Å²) in [5.74, 6) is 0.676. The molecule has 0 spiro atoms. The normalized spacial score (nSPS) is 18.9. The smallest absolute Gasteiger partial charge is 0.337 e. The van der Waals surface area contributed by atoms with Crippen LogP contribution >= 0.6 is 0 Å². The summed E-state index contributed by atoms with van der Waals surface area (Å²) in [4.78, 5) is 19.9. The van der Waals surface area contributed by atoms with Crippen LogP contribution in [0.2, 0.25) is 0 Å². The zero-order chi connectivity index (χ0) is 29.1. The number of hydrogen-bond acceptors (Lipinski definition) is 5. The fraction of sp³-hybridized carbons (Fsp3) is 0.647. The molecule has 1 saturated carbocycles. The van der Waals surface area contributed by atoms with Gasteiger partial charge >= 0.3 is 5.97 Å². The van der Waals surface area contributed by atoms with E-state index in [4.69, 9.17) is 14.5 Å². The quantitative estimate of drug-likeness (QED) is 0.339. The van der Waals surface area contributed by atoms with Crippen molar-refractivity contribution in [2.45, 2.75) is 112 Å². The van der Waals surface area contributed by atoms with Crippen molar-refractivity contribution in [3.05, 3.63) is 41.2 Å². The minimum absolute atomic E-state index is 0.263. The molecule has 0 amide bonds. The summed E-state index contributed by atoms with van der Waals surface area (Å²) < 4.78 is 12.3. The van der Waals surface area contributed by atoms with E-state index in [9.17, 15) is 9.90 Å².